The van der Waals surface area contributed by atoms with E-state index in [0.717, 1.165) is 27.6 Å². The summed E-state index contributed by atoms with van der Waals surface area (Å²) in [5.74, 6) is 0.252. The Morgan fingerprint density at radius 2 is 1.76 bits per heavy atom. The van der Waals surface area contributed by atoms with Crippen LogP contribution in [0, 0.1) is 11.2 Å². The first-order valence-electron chi connectivity index (χ1n) is 10.3. The van der Waals surface area contributed by atoms with Crippen LogP contribution in [0.1, 0.15) is 31.0 Å². The van der Waals surface area contributed by atoms with Crippen LogP contribution < -0.4 is 11.5 Å². The molecule has 5 N–H and O–H groups in total. The minimum absolute atomic E-state index is 0.137. The van der Waals surface area contributed by atoms with Crippen molar-refractivity contribution in [3.8, 4) is 11.1 Å². The zero-order chi connectivity index (χ0) is 24.1. The Morgan fingerprint density at radius 1 is 1.06 bits per heavy atom. The highest BCUT2D eigenvalue weighted by Crippen LogP contribution is 2.38. The summed E-state index contributed by atoms with van der Waals surface area (Å²) >= 11 is 0. The average molecular weight is 464 g/mol. The van der Waals surface area contributed by atoms with Crippen LogP contribution in [-0.2, 0) is 10.8 Å². The fourth-order valence-corrected chi connectivity index (χ4v) is 3.90. The Morgan fingerprint density at radius 3 is 2.27 bits per heavy atom. The second-order valence-electron chi connectivity index (χ2n) is 7.71. The predicted octanol–water partition coefficient (Wildman–Crippen LogP) is 5.15. The molecular formula is C25H26FN5OS. The van der Waals surface area contributed by atoms with E-state index in [-0.39, 0.29) is 11.7 Å². The van der Waals surface area contributed by atoms with Crippen LogP contribution in [0.15, 0.2) is 65.8 Å². The number of nitrogens with two attached hydrogens (primary N) is 2. The highest BCUT2D eigenvalue weighted by atomic mass is 32.2. The maximum atomic E-state index is 13.3. The number of pyridine rings is 2. The molecule has 4 rings (SSSR count). The van der Waals surface area contributed by atoms with Gasteiger partial charge in [0, 0.05) is 40.9 Å². The van der Waals surface area contributed by atoms with Gasteiger partial charge in [-0.05, 0) is 53.3 Å². The molecule has 0 spiro atoms. The lowest BCUT2D eigenvalue weighted by molar-refractivity contribution is 0.628. The number of rotatable bonds is 4. The van der Waals surface area contributed by atoms with Crippen LogP contribution >= 0.6 is 0 Å². The standard InChI is InChI=1S/C19H19FN4.C6H7NOS/c1-10(2)18-17(11-3-5-13(20)6-4-11)14-7-12(9-21)16(22)8-15(14)19(23)24-18;1-9(8)6-4-2-3-5-7-6/h3-10,21H,22H2,1-2H3,(H2,23,24);2-5H,1H3. The van der Waals surface area contributed by atoms with Crippen LogP contribution in [-0.4, -0.2) is 26.6 Å². The normalized spacial score (nSPS) is 11.7. The van der Waals surface area contributed by atoms with E-state index in [1.54, 1.807) is 42.8 Å². The molecule has 0 aliphatic rings. The topological polar surface area (TPSA) is 119 Å². The summed E-state index contributed by atoms with van der Waals surface area (Å²) in [5, 5.41) is 9.79. The van der Waals surface area contributed by atoms with Gasteiger partial charge in [0.15, 0.2) is 0 Å². The van der Waals surface area contributed by atoms with Gasteiger partial charge >= 0.3 is 0 Å². The molecule has 4 aromatic rings. The van der Waals surface area contributed by atoms with E-state index in [1.807, 2.05) is 26.0 Å². The van der Waals surface area contributed by atoms with E-state index in [2.05, 4.69) is 9.97 Å². The predicted molar refractivity (Wildman–Crippen MR) is 135 cm³/mol. The summed E-state index contributed by atoms with van der Waals surface area (Å²) in [4.78, 5) is 8.45. The highest BCUT2D eigenvalue weighted by Gasteiger charge is 2.18. The van der Waals surface area contributed by atoms with Gasteiger partial charge in [0.25, 0.3) is 0 Å². The van der Waals surface area contributed by atoms with Crippen LogP contribution in [0.2, 0.25) is 0 Å². The second kappa shape index (κ2) is 10.3. The minimum Gasteiger partial charge on any atom is -0.398 e. The SMILES string of the molecule is CC(C)c1nc(N)c2cc(N)c(C=N)cc2c1-c1ccc(F)cc1.CS(=O)c1ccccn1. The average Bonchev–Trinajstić information content (AvgIpc) is 2.80. The second-order valence-corrected chi connectivity index (χ2v) is 9.04. The highest BCUT2D eigenvalue weighted by molar-refractivity contribution is 7.84. The van der Waals surface area contributed by atoms with Gasteiger partial charge in [-0.15, -0.1) is 0 Å². The van der Waals surface area contributed by atoms with E-state index in [4.69, 9.17) is 16.9 Å². The number of nitrogens with zero attached hydrogens (tertiary/aromatic N) is 2. The third-order valence-electron chi connectivity index (χ3n) is 5.03. The van der Waals surface area contributed by atoms with Gasteiger partial charge in [0.1, 0.15) is 16.7 Å². The molecule has 0 radical (unpaired) electrons. The Hall–Kier alpha value is -3.65. The first-order chi connectivity index (χ1) is 15.7. The minimum atomic E-state index is -0.940. The molecule has 0 amide bonds. The molecule has 33 heavy (non-hydrogen) atoms. The number of benzene rings is 2. The Balaban J connectivity index is 0.000000286. The summed E-state index contributed by atoms with van der Waals surface area (Å²) in [6, 6.07) is 15.3. The summed E-state index contributed by atoms with van der Waals surface area (Å²) in [5.41, 5.74) is 15.8. The van der Waals surface area contributed by atoms with Gasteiger partial charge in [-0.3, -0.25) is 4.21 Å². The molecule has 170 valence electrons. The van der Waals surface area contributed by atoms with Crippen LogP contribution in [0.25, 0.3) is 21.9 Å². The van der Waals surface area contributed by atoms with Crippen molar-refractivity contribution in [3.05, 3.63) is 77.9 Å². The van der Waals surface area contributed by atoms with E-state index in [9.17, 15) is 8.60 Å². The number of nitrogens with one attached hydrogen (secondary N) is 1. The quantitative estimate of drug-likeness (QED) is 0.286. The van der Waals surface area contributed by atoms with E-state index >= 15 is 0 Å². The van der Waals surface area contributed by atoms with Gasteiger partial charge in [-0.1, -0.05) is 32.0 Å². The number of anilines is 2. The lowest BCUT2D eigenvalue weighted by Crippen LogP contribution is -2.04. The molecule has 0 aliphatic heterocycles. The van der Waals surface area contributed by atoms with E-state index < -0.39 is 10.8 Å². The molecule has 0 bridgehead atoms. The van der Waals surface area contributed by atoms with Crippen molar-refractivity contribution in [2.75, 3.05) is 17.7 Å². The summed E-state index contributed by atoms with van der Waals surface area (Å²) < 4.78 is 24.0. The van der Waals surface area contributed by atoms with Crippen molar-refractivity contribution in [3.63, 3.8) is 0 Å². The molecule has 6 nitrogen and oxygen atoms in total. The first kappa shape index (κ1) is 24.0. The maximum Gasteiger partial charge on any atom is 0.131 e. The van der Waals surface area contributed by atoms with E-state index in [1.165, 1.54) is 18.3 Å². The molecule has 2 heterocycles. The van der Waals surface area contributed by atoms with Gasteiger partial charge in [0.05, 0.1) is 16.5 Å². The largest absolute Gasteiger partial charge is 0.398 e. The lowest BCUT2D eigenvalue weighted by atomic mass is 9.91. The van der Waals surface area contributed by atoms with E-state index in [0.29, 0.717) is 22.1 Å². The van der Waals surface area contributed by atoms with Gasteiger partial charge in [-0.25, -0.2) is 14.4 Å². The van der Waals surface area contributed by atoms with Gasteiger partial charge in [0.2, 0.25) is 0 Å². The monoisotopic (exact) mass is 463 g/mol. The molecule has 2 aromatic heterocycles. The molecule has 0 aliphatic carbocycles. The molecule has 8 heteroatoms. The fraction of sp³-hybridized carbons (Fsp3) is 0.160. The van der Waals surface area contributed by atoms with Crippen molar-refractivity contribution >= 4 is 39.3 Å². The molecular weight excluding hydrogens is 437 g/mol. The summed E-state index contributed by atoms with van der Waals surface area (Å²) in [7, 11) is -0.940. The number of nitrogen functional groups attached to an aromatic ring is 2. The van der Waals surface area contributed by atoms with Gasteiger partial charge < -0.3 is 16.9 Å². The number of hydrogen-bond donors (Lipinski definition) is 3. The van der Waals surface area contributed by atoms with Gasteiger partial charge in [-0.2, -0.15) is 0 Å². The fourth-order valence-electron chi connectivity index (χ4n) is 3.42. The third-order valence-corrected chi connectivity index (χ3v) is 5.86. The number of halogens is 1. The molecule has 2 aromatic carbocycles. The smallest absolute Gasteiger partial charge is 0.131 e. The third kappa shape index (κ3) is 5.40. The Kier molecular flexibility index (Phi) is 7.50. The summed E-state index contributed by atoms with van der Waals surface area (Å²) in [6.45, 7) is 4.07. The Bertz CT molecular complexity index is 1310. The van der Waals surface area contributed by atoms with Crippen LogP contribution in [0.3, 0.4) is 0 Å². The molecule has 1 unspecified atom stereocenters. The Labute approximate surface area is 194 Å². The van der Waals surface area contributed by atoms with Crippen molar-refractivity contribution in [1.29, 1.82) is 5.41 Å². The van der Waals surface area contributed by atoms with Crippen molar-refractivity contribution < 1.29 is 8.60 Å². The summed E-state index contributed by atoms with van der Waals surface area (Å²) in [6.07, 6.45) is 4.47. The zero-order valence-corrected chi connectivity index (χ0v) is 19.5. The molecule has 0 fully saturated rings. The molecule has 0 saturated heterocycles. The molecule has 1 atom stereocenters. The van der Waals surface area contributed by atoms with Crippen molar-refractivity contribution in [2.45, 2.75) is 24.8 Å². The number of hydrogen-bond acceptors (Lipinski definition) is 6. The first-order valence-corrected chi connectivity index (χ1v) is 11.8. The maximum absolute atomic E-state index is 13.3. The number of aromatic nitrogens is 2. The number of fused-ring (bicyclic) bond motifs is 1. The molecule has 0 saturated carbocycles. The van der Waals surface area contributed by atoms with Crippen LogP contribution in [0.4, 0.5) is 15.9 Å². The van der Waals surface area contributed by atoms with Crippen LogP contribution in [0.5, 0.6) is 0 Å². The van der Waals surface area contributed by atoms with Crippen molar-refractivity contribution in [1.82, 2.24) is 9.97 Å². The zero-order valence-electron chi connectivity index (χ0n) is 18.7. The lowest BCUT2D eigenvalue weighted by Gasteiger charge is -2.18. The van der Waals surface area contributed by atoms with Crippen molar-refractivity contribution in [2.24, 2.45) is 0 Å².